The van der Waals surface area contributed by atoms with Crippen molar-refractivity contribution in [3.63, 3.8) is 0 Å². The second kappa shape index (κ2) is 8.01. The Morgan fingerprint density at radius 2 is 1.81 bits per heavy atom. The van der Waals surface area contributed by atoms with Crippen molar-refractivity contribution in [1.82, 2.24) is 4.90 Å². The maximum Gasteiger partial charge on any atom is 0.349 e. The van der Waals surface area contributed by atoms with E-state index in [9.17, 15) is 9.59 Å². The van der Waals surface area contributed by atoms with Gasteiger partial charge in [0.2, 0.25) is 0 Å². The van der Waals surface area contributed by atoms with Crippen molar-refractivity contribution in [3.8, 4) is 11.1 Å². The first-order valence-corrected chi connectivity index (χ1v) is 9.61. The zero-order chi connectivity index (χ0) is 18.7. The number of hydrogen-bond acceptors (Lipinski definition) is 5. The molecule has 1 aromatic heterocycles. The van der Waals surface area contributed by atoms with Crippen LogP contribution in [0, 0.1) is 0 Å². The molecule has 0 N–H and O–H groups in total. The number of esters is 1. The number of nitrogens with zero attached hydrogens (tertiary/aromatic N) is 1. The molecule has 1 fully saturated rings. The number of benzene rings is 1. The third-order valence-electron chi connectivity index (χ3n) is 4.30. The van der Waals surface area contributed by atoms with Crippen LogP contribution in [0.25, 0.3) is 11.1 Å². The summed E-state index contributed by atoms with van der Waals surface area (Å²) in [5, 5.41) is 1.86. The Bertz CT molecular complexity index is 763. The van der Waals surface area contributed by atoms with E-state index >= 15 is 0 Å². The first kappa shape index (κ1) is 18.6. The molecule has 6 heteroatoms. The Hall–Kier alpha value is -2.18. The number of hydrogen-bond donors (Lipinski definition) is 0. The molecule has 1 saturated heterocycles. The molecule has 0 bridgehead atoms. The van der Waals surface area contributed by atoms with Gasteiger partial charge in [-0.15, -0.1) is 11.3 Å². The lowest BCUT2D eigenvalue weighted by Gasteiger charge is -2.36. The summed E-state index contributed by atoms with van der Waals surface area (Å²) in [6, 6.07) is 11.6. The minimum Gasteiger partial charge on any atom is -0.448 e. The standard InChI is InChI=1S/C20H23NO4S/c1-13-11-21(12-14(2)24-13)19(22)15(3)25-20(23)18-17(9-10-26-18)16-7-5-4-6-8-16/h4-10,13-15H,11-12H2,1-3H3. The molecule has 3 rings (SSSR count). The Labute approximate surface area is 157 Å². The van der Waals surface area contributed by atoms with Crippen LogP contribution in [0.1, 0.15) is 30.4 Å². The number of amides is 1. The number of rotatable bonds is 4. The van der Waals surface area contributed by atoms with Gasteiger partial charge in [0.1, 0.15) is 4.88 Å². The number of morpholine rings is 1. The largest absolute Gasteiger partial charge is 0.448 e. The average molecular weight is 373 g/mol. The van der Waals surface area contributed by atoms with Crippen molar-refractivity contribution in [1.29, 1.82) is 0 Å². The molecule has 0 spiro atoms. The SMILES string of the molecule is CC1CN(C(=O)C(C)OC(=O)c2sccc2-c2ccccc2)CC(C)O1. The van der Waals surface area contributed by atoms with Crippen molar-refractivity contribution < 1.29 is 19.1 Å². The van der Waals surface area contributed by atoms with Crippen LogP contribution in [0.4, 0.5) is 0 Å². The van der Waals surface area contributed by atoms with Crippen molar-refractivity contribution >= 4 is 23.2 Å². The third-order valence-corrected chi connectivity index (χ3v) is 5.19. The summed E-state index contributed by atoms with van der Waals surface area (Å²) >= 11 is 1.32. The summed E-state index contributed by atoms with van der Waals surface area (Å²) in [6.45, 7) is 6.52. The van der Waals surface area contributed by atoms with Gasteiger partial charge in [-0.1, -0.05) is 30.3 Å². The van der Waals surface area contributed by atoms with Gasteiger partial charge >= 0.3 is 5.97 Å². The topological polar surface area (TPSA) is 55.8 Å². The van der Waals surface area contributed by atoms with Gasteiger partial charge < -0.3 is 14.4 Å². The fourth-order valence-electron chi connectivity index (χ4n) is 3.19. The van der Waals surface area contributed by atoms with Gasteiger partial charge in [0.15, 0.2) is 6.10 Å². The van der Waals surface area contributed by atoms with E-state index in [-0.39, 0.29) is 18.1 Å². The zero-order valence-corrected chi connectivity index (χ0v) is 16.0. The first-order valence-electron chi connectivity index (χ1n) is 8.74. The minimum atomic E-state index is -0.828. The van der Waals surface area contributed by atoms with Gasteiger partial charge in [0.25, 0.3) is 5.91 Å². The molecule has 0 radical (unpaired) electrons. The van der Waals surface area contributed by atoms with Crippen LogP contribution >= 0.6 is 11.3 Å². The number of thiophene rings is 1. The Balaban J connectivity index is 1.69. The van der Waals surface area contributed by atoms with Crippen LogP contribution in [0.3, 0.4) is 0 Å². The molecule has 1 aromatic carbocycles. The van der Waals surface area contributed by atoms with E-state index in [0.717, 1.165) is 11.1 Å². The average Bonchev–Trinajstić information content (AvgIpc) is 3.10. The van der Waals surface area contributed by atoms with E-state index < -0.39 is 12.1 Å². The molecule has 3 atom stereocenters. The molecule has 3 unspecified atom stereocenters. The number of carbonyl (C=O) groups excluding carboxylic acids is 2. The molecule has 5 nitrogen and oxygen atoms in total. The fourth-order valence-corrected chi connectivity index (χ4v) is 3.99. The molecule has 2 heterocycles. The molecule has 0 aliphatic carbocycles. The van der Waals surface area contributed by atoms with E-state index in [4.69, 9.17) is 9.47 Å². The Kier molecular flexibility index (Phi) is 5.74. The molecule has 0 saturated carbocycles. The van der Waals surface area contributed by atoms with Crippen molar-refractivity contribution in [2.75, 3.05) is 13.1 Å². The number of ether oxygens (including phenoxy) is 2. The van der Waals surface area contributed by atoms with Gasteiger partial charge in [-0.25, -0.2) is 4.79 Å². The summed E-state index contributed by atoms with van der Waals surface area (Å²) in [4.78, 5) is 27.5. The maximum absolute atomic E-state index is 12.6. The Morgan fingerprint density at radius 1 is 1.15 bits per heavy atom. The molecular weight excluding hydrogens is 350 g/mol. The normalized spacial score (nSPS) is 21.3. The molecule has 138 valence electrons. The van der Waals surface area contributed by atoms with Crippen LogP contribution in [0.15, 0.2) is 41.8 Å². The van der Waals surface area contributed by atoms with Crippen LogP contribution < -0.4 is 0 Å². The second-order valence-electron chi connectivity index (χ2n) is 6.58. The highest BCUT2D eigenvalue weighted by Gasteiger charge is 2.31. The number of carbonyl (C=O) groups is 2. The smallest absolute Gasteiger partial charge is 0.349 e. The minimum absolute atomic E-state index is 0.0208. The Morgan fingerprint density at radius 3 is 2.46 bits per heavy atom. The van der Waals surface area contributed by atoms with Gasteiger partial charge in [-0.2, -0.15) is 0 Å². The van der Waals surface area contributed by atoms with Crippen LogP contribution in [0.5, 0.6) is 0 Å². The van der Waals surface area contributed by atoms with Gasteiger partial charge in [0.05, 0.1) is 12.2 Å². The highest BCUT2D eigenvalue weighted by atomic mass is 32.1. The van der Waals surface area contributed by atoms with Crippen LogP contribution in [0.2, 0.25) is 0 Å². The predicted molar refractivity (Wildman–Crippen MR) is 101 cm³/mol. The van der Waals surface area contributed by atoms with Gasteiger partial charge in [-0.05, 0) is 37.8 Å². The summed E-state index contributed by atoms with van der Waals surface area (Å²) in [7, 11) is 0. The maximum atomic E-state index is 12.6. The van der Waals surface area contributed by atoms with Crippen molar-refractivity contribution in [2.24, 2.45) is 0 Å². The van der Waals surface area contributed by atoms with Crippen LogP contribution in [-0.4, -0.2) is 48.2 Å². The van der Waals surface area contributed by atoms with E-state index in [0.29, 0.717) is 18.0 Å². The van der Waals surface area contributed by atoms with Gasteiger partial charge in [-0.3, -0.25) is 4.79 Å². The van der Waals surface area contributed by atoms with Gasteiger partial charge in [0, 0.05) is 18.7 Å². The van der Waals surface area contributed by atoms with E-state index in [2.05, 4.69) is 0 Å². The molecule has 1 amide bonds. The molecular formula is C20H23NO4S. The first-order chi connectivity index (χ1) is 12.5. The lowest BCUT2D eigenvalue weighted by atomic mass is 10.1. The summed E-state index contributed by atoms with van der Waals surface area (Å²) in [5.74, 6) is -0.646. The second-order valence-corrected chi connectivity index (χ2v) is 7.49. The molecule has 26 heavy (non-hydrogen) atoms. The quantitative estimate of drug-likeness (QED) is 0.769. The summed E-state index contributed by atoms with van der Waals surface area (Å²) in [6.07, 6.45) is -0.870. The molecule has 2 aromatic rings. The predicted octanol–water partition coefficient (Wildman–Crippen LogP) is 3.60. The molecule has 1 aliphatic rings. The van der Waals surface area contributed by atoms with Crippen molar-refractivity contribution in [3.05, 3.63) is 46.7 Å². The molecule has 1 aliphatic heterocycles. The lowest BCUT2D eigenvalue weighted by molar-refractivity contribution is -0.151. The van der Waals surface area contributed by atoms with Crippen molar-refractivity contribution in [2.45, 2.75) is 39.1 Å². The third kappa shape index (κ3) is 4.14. The van der Waals surface area contributed by atoms with Crippen LogP contribution in [-0.2, 0) is 14.3 Å². The van der Waals surface area contributed by atoms with E-state index in [1.165, 1.54) is 11.3 Å². The lowest BCUT2D eigenvalue weighted by Crippen LogP contribution is -2.51. The van der Waals surface area contributed by atoms with E-state index in [1.54, 1.807) is 11.8 Å². The fraction of sp³-hybridized carbons (Fsp3) is 0.400. The monoisotopic (exact) mass is 373 g/mol. The zero-order valence-electron chi connectivity index (χ0n) is 15.2. The summed E-state index contributed by atoms with van der Waals surface area (Å²) in [5.41, 5.74) is 1.78. The summed E-state index contributed by atoms with van der Waals surface area (Å²) < 4.78 is 11.1. The highest BCUT2D eigenvalue weighted by molar-refractivity contribution is 7.12. The van der Waals surface area contributed by atoms with E-state index in [1.807, 2.05) is 55.6 Å². The highest BCUT2D eigenvalue weighted by Crippen LogP contribution is 2.29.